The molecule has 0 spiro atoms. The number of ether oxygens (including phenoxy) is 1. The van der Waals surface area contributed by atoms with Crippen LogP contribution in [-0.4, -0.2) is 20.9 Å². The highest BCUT2D eigenvalue weighted by Gasteiger charge is 2.22. The summed E-state index contributed by atoms with van der Waals surface area (Å²) in [7, 11) is 0. The summed E-state index contributed by atoms with van der Waals surface area (Å²) in [4.78, 5) is 39.5. The number of benzene rings is 1. The monoisotopic (exact) mass is 419 g/mol. The van der Waals surface area contributed by atoms with Crippen LogP contribution in [0.4, 0.5) is 0 Å². The maximum atomic E-state index is 12.9. The second-order valence-electron chi connectivity index (χ2n) is 7.56. The Morgan fingerprint density at radius 2 is 2.07 bits per heavy atom. The highest BCUT2D eigenvalue weighted by Crippen LogP contribution is 2.34. The summed E-state index contributed by atoms with van der Waals surface area (Å²) in [5, 5.41) is 1.63. The van der Waals surface area contributed by atoms with Crippen molar-refractivity contribution in [3.8, 4) is 0 Å². The molecule has 7 heteroatoms. The van der Waals surface area contributed by atoms with Crippen molar-refractivity contribution in [1.29, 1.82) is 0 Å². The van der Waals surface area contributed by atoms with Crippen molar-refractivity contribution in [2.45, 2.75) is 46.1 Å². The maximum Gasteiger partial charge on any atom is 0.340 e. The van der Waals surface area contributed by atoms with Gasteiger partial charge >= 0.3 is 5.97 Å². The first kappa shape index (κ1) is 18.9. The average molecular weight is 420 g/mol. The summed E-state index contributed by atoms with van der Waals surface area (Å²) in [6.07, 6.45) is 3.66. The van der Waals surface area contributed by atoms with Crippen LogP contribution in [0.1, 0.15) is 51.2 Å². The molecule has 0 atom stereocenters. The molecule has 1 aromatic carbocycles. The third-order valence-electron chi connectivity index (χ3n) is 5.73. The Kier molecular flexibility index (Phi) is 4.62. The highest BCUT2D eigenvalue weighted by molar-refractivity contribution is 7.18. The summed E-state index contributed by atoms with van der Waals surface area (Å²) < 4.78 is 5.56. The molecule has 3 heterocycles. The summed E-state index contributed by atoms with van der Waals surface area (Å²) in [6, 6.07) is 7.76. The van der Waals surface area contributed by atoms with Crippen molar-refractivity contribution >= 4 is 38.4 Å². The lowest BCUT2D eigenvalue weighted by molar-refractivity contribution is 0.0460. The lowest BCUT2D eigenvalue weighted by atomic mass is 10.0. The molecule has 0 bridgehead atoms. The lowest BCUT2D eigenvalue weighted by Gasteiger charge is -2.13. The van der Waals surface area contributed by atoms with Crippen LogP contribution >= 0.6 is 11.3 Å². The minimum Gasteiger partial charge on any atom is -0.454 e. The number of carbonyl (C=O) groups is 1. The number of hydrogen-bond acceptors (Lipinski definition) is 6. The minimum absolute atomic E-state index is 0.0813. The van der Waals surface area contributed by atoms with Crippen molar-refractivity contribution in [2.24, 2.45) is 0 Å². The number of para-hydroxylation sites is 1. The Labute approximate surface area is 177 Å². The van der Waals surface area contributed by atoms with Gasteiger partial charge in [-0.2, -0.15) is 0 Å². The van der Waals surface area contributed by atoms with Crippen molar-refractivity contribution < 1.29 is 9.53 Å². The maximum absolute atomic E-state index is 12.9. The molecule has 0 fully saturated rings. The van der Waals surface area contributed by atoms with Crippen LogP contribution < -0.4 is 5.56 Å². The molecule has 0 saturated heterocycles. The fourth-order valence-corrected chi connectivity index (χ4v) is 5.57. The zero-order chi connectivity index (χ0) is 20.8. The number of fused-ring (bicyclic) bond motifs is 4. The number of aryl methyl sites for hydroxylation is 4. The van der Waals surface area contributed by atoms with Gasteiger partial charge in [0.15, 0.2) is 0 Å². The van der Waals surface area contributed by atoms with Crippen LogP contribution in [-0.2, 0) is 30.6 Å². The van der Waals surface area contributed by atoms with E-state index in [4.69, 9.17) is 4.74 Å². The van der Waals surface area contributed by atoms with Crippen LogP contribution in [0.3, 0.4) is 0 Å². The van der Waals surface area contributed by atoms with Crippen LogP contribution in [0.5, 0.6) is 0 Å². The molecule has 1 aliphatic rings. The Balaban J connectivity index is 1.45. The predicted molar refractivity (Wildman–Crippen MR) is 117 cm³/mol. The van der Waals surface area contributed by atoms with E-state index in [1.54, 1.807) is 11.3 Å². The predicted octanol–water partition coefficient (Wildman–Crippen LogP) is 4.25. The third-order valence-corrected chi connectivity index (χ3v) is 6.92. The number of aromatic amines is 1. The number of rotatable bonds is 4. The molecular formula is C23H21N3O3S. The fraction of sp³-hybridized carbons (Fsp3) is 0.304. The Bertz CT molecular complexity index is 1370. The molecule has 4 aromatic rings. The van der Waals surface area contributed by atoms with Gasteiger partial charge in [0.05, 0.1) is 22.2 Å². The molecule has 3 aromatic heterocycles. The molecule has 0 amide bonds. The number of H-pyrrole nitrogens is 1. The highest BCUT2D eigenvalue weighted by atomic mass is 32.1. The molecule has 0 saturated carbocycles. The Hall–Kier alpha value is -3.06. The molecule has 1 aliphatic carbocycles. The molecule has 1 N–H and O–H groups in total. The summed E-state index contributed by atoms with van der Waals surface area (Å²) in [5.41, 5.74) is 3.91. The normalized spacial score (nSPS) is 13.1. The summed E-state index contributed by atoms with van der Waals surface area (Å²) >= 11 is 1.57. The zero-order valence-electron chi connectivity index (χ0n) is 16.9. The lowest BCUT2D eigenvalue weighted by Crippen LogP contribution is -2.16. The number of aromatic nitrogens is 3. The molecule has 5 rings (SSSR count). The second-order valence-corrected chi connectivity index (χ2v) is 8.64. The average Bonchev–Trinajstić information content (AvgIpc) is 3.32. The van der Waals surface area contributed by atoms with Crippen LogP contribution in [0, 0.1) is 6.92 Å². The van der Waals surface area contributed by atoms with E-state index in [1.165, 1.54) is 4.88 Å². The van der Waals surface area contributed by atoms with Gasteiger partial charge in [-0.3, -0.25) is 9.78 Å². The molecular weight excluding hydrogens is 398 g/mol. The molecule has 0 unspecified atom stereocenters. The first-order valence-corrected chi connectivity index (χ1v) is 11.0. The van der Waals surface area contributed by atoms with E-state index in [9.17, 15) is 9.59 Å². The van der Waals surface area contributed by atoms with E-state index in [1.807, 2.05) is 38.1 Å². The molecule has 30 heavy (non-hydrogen) atoms. The topological polar surface area (TPSA) is 84.9 Å². The van der Waals surface area contributed by atoms with Gasteiger partial charge in [-0.25, -0.2) is 9.78 Å². The molecule has 6 nitrogen and oxygen atoms in total. The smallest absolute Gasteiger partial charge is 0.340 e. The van der Waals surface area contributed by atoms with E-state index < -0.39 is 5.97 Å². The molecule has 0 radical (unpaired) electrons. The number of esters is 1. The first-order valence-electron chi connectivity index (χ1n) is 10.2. The summed E-state index contributed by atoms with van der Waals surface area (Å²) in [6.45, 7) is 3.80. The van der Waals surface area contributed by atoms with Crippen molar-refractivity contribution in [3.63, 3.8) is 0 Å². The van der Waals surface area contributed by atoms with E-state index in [0.29, 0.717) is 28.9 Å². The zero-order valence-corrected chi connectivity index (χ0v) is 17.7. The Morgan fingerprint density at radius 3 is 2.90 bits per heavy atom. The van der Waals surface area contributed by atoms with Gasteiger partial charge < -0.3 is 9.72 Å². The van der Waals surface area contributed by atoms with Crippen molar-refractivity contribution in [1.82, 2.24) is 15.0 Å². The second kappa shape index (κ2) is 7.32. The van der Waals surface area contributed by atoms with Gasteiger partial charge in [-0.15, -0.1) is 11.3 Å². The van der Waals surface area contributed by atoms with Gasteiger partial charge in [0.1, 0.15) is 17.3 Å². The minimum atomic E-state index is -0.445. The van der Waals surface area contributed by atoms with Gasteiger partial charge in [0.2, 0.25) is 0 Å². The van der Waals surface area contributed by atoms with Crippen LogP contribution in [0.25, 0.3) is 21.1 Å². The van der Waals surface area contributed by atoms with Gasteiger partial charge in [-0.05, 0) is 49.8 Å². The molecule has 152 valence electrons. The number of carbonyl (C=O) groups excluding carboxylic acids is 1. The quantitative estimate of drug-likeness (QED) is 0.500. The third kappa shape index (κ3) is 3.01. The van der Waals surface area contributed by atoms with Gasteiger partial charge in [0, 0.05) is 10.3 Å². The fourth-order valence-electron chi connectivity index (χ4n) is 4.29. The number of nitrogens with one attached hydrogen (secondary N) is 1. The SMILES string of the molecule is CCc1nc2ccccc2c(C)c1C(=O)OCc1nc2sc3c(c2c(=O)[nH]1)CCC3. The van der Waals surface area contributed by atoms with E-state index >= 15 is 0 Å². The number of nitrogens with zero attached hydrogens (tertiary/aromatic N) is 2. The summed E-state index contributed by atoms with van der Waals surface area (Å²) in [5.74, 6) is -0.0794. The number of thiophene rings is 1. The largest absolute Gasteiger partial charge is 0.454 e. The Morgan fingerprint density at radius 1 is 1.23 bits per heavy atom. The van der Waals surface area contributed by atoms with Crippen molar-refractivity contribution in [2.75, 3.05) is 0 Å². The molecule has 0 aliphatic heterocycles. The standard InChI is InChI=1S/C23H21N3O3S/c1-3-15-19(12(2)13-7-4-5-9-16(13)24-15)23(28)29-11-18-25-21(27)20-14-8-6-10-17(14)30-22(20)26-18/h4-5,7,9H,3,6,8,10-11H2,1-2H3,(H,25,26,27). The number of hydrogen-bond donors (Lipinski definition) is 1. The van der Waals surface area contributed by atoms with E-state index in [0.717, 1.165) is 46.1 Å². The van der Waals surface area contributed by atoms with E-state index in [-0.39, 0.29) is 12.2 Å². The van der Waals surface area contributed by atoms with Crippen LogP contribution in [0.15, 0.2) is 29.1 Å². The number of pyridine rings is 1. The van der Waals surface area contributed by atoms with Gasteiger partial charge in [0.25, 0.3) is 5.56 Å². The van der Waals surface area contributed by atoms with Crippen LogP contribution in [0.2, 0.25) is 0 Å². The van der Waals surface area contributed by atoms with E-state index in [2.05, 4.69) is 15.0 Å². The van der Waals surface area contributed by atoms with Crippen molar-refractivity contribution in [3.05, 3.63) is 67.7 Å². The van der Waals surface area contributed by atoms with Gasteiger partial charge in [-0.1, -0.05) is 25.1 Å². The first-order chi connectivity index (χ1) is 14.6.